The van der Waals surface area contributed by atoms with Crippen LogP contribution in [0.5, 0.6) is 11.5 Å². The van der Waals surface area contributed by atoms with E-state index in [0.717, 1.165) is 6.07 Å². The van der Waals surface area contributed by atoms with Gasteiger partial charge < -0.3 is 14.6 Å². The first-order valence-corrected chi connectivity index (χ1v) is 6.24. The Morgan fingerprint density at radius 2 is 1.95 bits per heavy atom. The van der Waals surface area contributed by atoms with Crippen LogP contribution in [0.1, 0.15) is 12.5 Å². The number of allylic oxidation sites excluding steroid dienone is 1. The highest BCUT2D eigenvalue weighted by Crippen LogP contribution is 2.33. The zero-order chi connectivity index (χ0) is 15.1. The van der Waals surface area contributed by atoms with E-state index in [4.69, 9.17) is 4.42 Å². The van der Waals surface area contributed by atoms with Gasteiger partial charge in [0, 0.05) is 17.7 Å². The number of oxazole rings is 1. The molecule has 0 aliphatic rings. The van der Waals surface area contributed by atoms with Gasteiger partial charge in [-0.05, 0) is 30.7 Å². The number of aromatic hydroxyl groups is 2. The van der Waals surface area contributed by atoms with Gasteiger partial charge in [-0.25, -0.2) is 9.37 Å². The molecule has 0 spiro atoms. The maximum absolute atomic E-state index is 13.9. The largest absolute Gasteiger partial charge is 0.508 e. The maximum Gasteiger partial charge on any atom is 0.230 e. The molecule has 0 aliphatic carbocycles. The van der Waals surface area contributed by atoms with Crippen molar-refractivity contribution in [1.82, 2.24) is 4.98 Å². The van der Waals surface area contributed by atoms with Gasteiger partial charge in [-0.15, -0.1) is 0 Å². The van der Waals surface area contributed by atoms with Crippen LogP contribution in [0.25, 0.3) is 28.1 Å². The summed E-state index contributed by atoms with van der Waals surface area (Å²) in [5, 5.41) is 18.9. The molecule has 0 bridgehead atoms. The first-order valence-electron chi connectivity index (χ1n) is 6.24. The van der Waals surface area contributed by atoms with E-state index >= 15 is 0 Å². The van der Waals surface area contributed by atoms with Crippen molar-refractivity contribution in [2.45, 2.75) is 6.92 Å². The minimum Gasteiger partial charge on any atom is -0.508 e. The molecule has 2 aromatic carbocycles. The Morgan fingerprint density at radius 3 is 2.62 bits per heavy atom. The SMILES string of the molecule is C=C(C)c1cc(O)cc2nc(-c3ccc(O)cc3F)oc12. The van der Waals surface area contributed by atoms with E-state index in [1.165, 1.54) is 24.3 Å². The average molecular weight is 285 g/mol. The van der Waals surface area contributed by atoms with Crippen molar-refractivity contribution in [3.63, 3.8) is 0 Å². The molecule has 21 heavy (non-hydrogen) atoms. The molecule has 0 saturated heterocycles. The van der Waals surface area contributed by atoms with Gasteiger partial charge in [0.05, 0.1) is 5.56 Å². The molecule has 106 valence electrons. The normalized spacial score (nSPS) is 11.0. The second-order valence-corrected chi connectivity index (χ2v) is 4.81. The summed E-state index contributed by atoms with van der Waals surface area (Å²) in [4.78, 5) is 4.19. The molecular formula is C16H12FNO3. The fraction of sp³-hybridized carbons (Fsp3) is 0.0625. The smallest absolute Gasteiger partial charge is 0.230 e. The molecule has 0 unspecified atom stereocenters. The predicted molar refractivity (Wildman–Crippen MR) is 77.4 cm³/mol. The van der Waals surface area contributed by atoms with Gasteiger partial charge in [0.25, 0.3) is 0 Å². The number of rotatable bonds is 2. The number of aromatic nitrogens is 1. The highest BCUT2D eigenvalue weighted by atomic mass is 19.1. The molecule has 0 atom stereocenters. The highest BCUT2D eigenvalue weighted by molar-refractivity contribution is 5.89. The Bertz CT molecular complexity index is 867. The lowest BCUT2D eigenvalue weighted by molar-refractivity contribution is 0.469. The fourth-order valence-corrected chi connectivity index (χ4v) is 2.13. The Kier molecular flexibility index (Phi) is 2.90. The van der Waals surface area contributed by atoms with Crippen LogP contribution in [0.2, 0.25) is 0 Å². The third-order valence-electron chi connectivity index (χ3n) is 3.12. The minimum absolute atomic E-state index is 0.0338. The van der Waals surface area contributed by atoms with Gasteiger partial charge in [0.15, 0.2) is 5.58 Å². The first kappa shape index (κ1) is 13.2. The second-order valence-electron chi connectivity index (χ2n) is 4.81. The van der Waals surface area contributed by atoms with Crippen LogP contribution in [0.15, 0.2) is 41.3 Å². The number of hydrogen-bond donors (Lipinski definition) is 2. The van der Waals surface area contributed by atoms with Crippen molar-refractivity contribution < 1.29 is 19.0 Å². The van der Waals surface area contributed by atoms with Gasteiger partial charge >= 0.3 is 0 Å². The molecule has 0 aliphatic heterocycles. The fourth-order valence-electron chi connectivity index (χ4n) is 2.13. The van der Waals surface area contributed by atoms with E-state index in [-0.39, 0.29) is 23.0 Å². The van der Waals surface area contributed by atoms with Crippen molar-refractivity contribution in [2.75, 3.05) is 0 Å². The molecule has 3 aromatic rings. The van der Waals surface area contributed by atoms with E-state index in [0.29, 0.717) is 22.2 Å². The van der Waals surface area contributed by atoms with Crippen molar-refractivity contribution in [2.24, 2.45) is 0 Å². The molecule has 0 amide bonds. The number of benzene rings is 2. The average Bonchev–Trinajstić information content (AvgIpc) is 2.80. The molecule has 5 heteroatoms. The summed E-state index contributed by atoms with van der Waals surface area (Å²) >= 11 is 0. The lowest BCUT2D eigenvalue weighted by Crippen LogP contribution is -1.83. The van der Waals surface area contributed by atoms with Crippen LogP contribution in [0.4, 0.5) is 4.39 Å². The number of halogens is 1. The minimum atomic E-state index is -0.636. The lowest BCUT2D eigenvalue weighted by Gasteiger charge is -2.01. The summed E-state index contributed by atoms with van der Waals surface area (Å²) in [6, 6.07) is 6.68. The van der Waals surface area contributed by atoms with Crippen molar-refractivity contribution in [1.29, 1.82) is 0 Å². The molecular weight excluding hydrogens is 273 g/mol. The monoisotopic (exact) mass is 285 g/mol. The number of phenols is 2. The summed E-state index contributed by atoms with van der Waals surface area (Å²) in [5.74, 6) is -0.697. The third-order valence-corrected chi connectivity index (χ3v) is 3.12. The molecule has 2 N–H and O–H groups in total. The second kappa shape index (κ2) is 4.63. The molecule has 1 aromatic heterocycles. The van der Waals surface area contributed by atoms with Gasteiger partial charge in [0.2, 0.25) is 5.89 Å². The summed E-state index contributed by atoms with van der Waals surface area (Å²) < 4.78 is 19.5. The van der Waals surface area contributed by atoms with Gasteiger partial charge in [-0.2, -0.15) is 0 Å². The number of phenolic OH excluding ortho intramolecular Hbond substituents is 2. The molecule has 0 saturated carbocycles. The van der Waals surface area contributed by atoms with Crippen LogP contribution in [0, 0.1) is 5.82 Å². The quantitative estimate of drug-likeness (QED) is 0.744. The summed E-state index contributed by atoms with van der Waals surface area (Å²) in [7, 11) is 0. The molecule has 0 fully saturated rings. The topological polar surface area (TPSA) is 66.5 Å². The summed E-state index contributed by atoms with van der Waals surface area (Å²) in [5.41, 5.74) is 2.29. The van der Waals surface area contributed by atoms with E-state index in [1.54, 1.807) is 6.92 Å². The summed E-state index contributed by atoms with van der Waals surface area (Å²) in [6.45, 7) is 5.60. The number of fused-ring (bicyclic) bond motifs is 1. The lowest BCUT2D eigenvalue weighted by atomic mass is 10.1. The van der Waals surface area contributed by atoms with Gasteiger partial charge in [-0.3, -0.25) is 0 Å². The molecule has 1 heterocycles. The van der Waals surface area contributed by atoms with E-state index < -0.39 is 5.82 Å². The van der Waals surface area contributed by atoms with E-state index in [2.05, 4.69) is 11.6 Å². The third kappa shape index (κ3) is 2.23. The van der Waals surface area contributed by atoms with Crippen LogP contribution in [0.3, 0.4) is 0 Å². The van der Waals surface area contributed by atoms with Crippen LogP contribution < -0.4 is 0 Å². The van der Waals surface area contributed by atoms with Crippen molar-refractivity contribution in [3.8, 4) is 23.0 Å². The first-order chi connectivity index (χ1) is 9.95. The molecule has 4 nitrogen and oxygen atoms in total. The van der Waals surface area contributed by atoms with E-state index in [1.807, 2.05) is 0 Å². The Labute approximate surface area is 119 Å². The van der Waals surface area contributed by atoms with E-state index in [9.17, 15) is 14.6 Å². The molecule has 0 radical (unpaired) electrons. The number of nitrogens with zero attached hydrogens (tertiary/aromatic N) is 1. The van der Waals surface area contributed by atoms with Crippen LogP contribution >= 0.6 is 0 Å². The zero-order valence-electron chi connectivity index (χ0n) is 11.2. The Morgan fingerprint density at radius 1 is 1.19 bits per heavy atom. The van der Waals surface area contributed by atoms with Gasteiger partial charge in [0.1, 0.15) is 22.8 Å². The standard InChI is InChI=1S/C16H12FNO3/c1-8(2)12-5-10(20)7-14-15(12)21-16(18-14)11-4-3-9(19)6-13(11)17/h3-7,19-20H,1H2,2H3. The Hall–Kier alpha value is -2.82. The van der Waals surface area contributed by atoms with Crippen LogP contribution in [-0.2, 0) is 0 Å². The molecule has 3 rings (SSSR count). The number of hydrogen-bond acceptors (Lipinski definition) is 4. The zero-order valence-corrected chi connectivity index (χ0v) is 11.2. The highest BCUT2D eigenvalue weighted by Gasteiger charge is 2.16. The van der Waals surface area contributed by atoms with Crippen LogP contribution in [-0.4, -0.2) is 15.2 Å². The Balaban J connectivity index is 2.26. The van der Waals surface area contributed by atoms with Crippen molar-refractivity contribution in [3.05, 3.63) is 48.3 Å². The maximum atomic E-state index is 13.9. The van der Waals surface area contributed by atoms with Gasteiger partial charge in [-0.1, -0.05) is 6.58 Å². The van der Waals surface area contributed by atoms with Crippen molar-refractivity contribution >= 4 is 16.7 Å². The predicted octanol–water partition coefficient (Wildman–Crippen LogP) is 4.08. The summed E-state index contributed by atoms with van der Waals surface area (Å²) in [6.07, 6.45) is 0.